The summed E-state index contributed by atoms with van der Waals surface area (Å²) >= 11 is 0. The van der Waals surface area contributed by atoms with E-state index in [1.54, 1.807) is 0 Å². The van der Waals surface area contributed by atoms with E-state index in [1.807, 2.05) is 12.2 Å². The second-order valence-electron chi connectivity index (χ2n) is 18.0. The maximum absolute atomic E-state index is 12.9. The average Bonchev–Trinajstić information content (AvgIpc) is 3.62. The Kier molecular flexibility index (Phi) is 35.7. The van der Waals surface area contributed by atoms with Gasteiger partial charge in [-0.15, -0.1) is 0 Å². The lowest BCUT2D eigenvalue weighted by Crippen LogP contribution is -2.36. The van der Waals surface area contributed by atoms with E-state index in [0.717, 1.165) is 87.8 Å². The number of unbranched alkanes of at least 4 members (excludes halogenated alkanes) is 17. The van der Waals surface area contributed by atoms with Crippen LogP contribution >= 0.6 is 15.6 Å². The Morgan fingerprint density at radius 3 is 1.72 bits per heavy atom. The Hall–Kier alpha value is -3.54. The summed E-state index contributed by atoms with van der Waals surface area (Å²) in [4.78, 5) is 61.9. The Morgan fingerprint density at radius 1 is 0.667 bits per heavy atom. The van der Waals surface area contributed by atoms with Gasteiger partial charge in [-0.25, -0.2) is 13.9 Å². The first kappa shape index (κ1) is 64.6. The number of rotatable bonds is 43. The Morgan fingerprint density at radius 2 is 1.14 bits per heavy atom. The van der Waals surface area contributed by atoms with Crippen molar-refractivity contribution in [3.05, 3.63) is 83.5 Å². The van der Waals surface area contributed by atoms with Gasteiger partial charge in [0.15, 0.2) is 12.3 Å². The fraction of sp³-hybridized carbons (Fsp3) is 0.692. The van der Waals surface area contributed by atoms with Crippen LogP contribution in [0.5, 0.6) is 0 Å². The van der Waals surface area contributed by atoms with Crippen LogP contribution in [0, 0.1) is 0 Å². The zero-order valence-corrected chi connectivity index (χ0v) is 44.8. The molecule has 2 heterocycles. The normalized spacial score (nSPS) is 19.5. The molecule has 6 N–H and O–H groups in total. The summed E-state index contributed by atoms with van der Waals surface area (Å²) in [5.74, 6) is -1.37. The van der Waals surface area contributed by atoms with Gasteiger partial charge in [-0.3, -0.25) is 23.2 Å². The molecule has 1 aromatic rings. The van der Waals surface area contributed by atoms with E-state index in [-0.39, 0.29) is 18.7 Å². The summed E-state index contributed by atoms with van der Waals surface area (Å²) in [6.07, 6.45) is 40.1. The summed E-state index contributed by atoms with van der Waals surface area (Å²) in [5, 5.41) is 20.9. The van der Waals surface area contributed by atoms with E-state index < -0.39 is 83.7 Å². The van der Waals surface area contributed by atoms with Gasteiger partial charge in [0.1, 0.15) is 30.7 Å². The van der Waals surface area contributed by atoms with Crippen LogP contribution in [0.2, 0.25) is 0 Å². The summed E-state index contributed by atoms with van der Waals surface area (Å²) in [6, 6.07) is 1.25. The van der Waals surface area contributed by atoms with Gasteiger partial charge in [-0.1, -0.05) is 152 Å². The molecule has 0 aliphatic carbocycles. The molecule has 1 aromatic heterocycles. The fourth-order valence-electron chi connectivity index (χ4n) is 7.48. The van der Waals surface area contributed by atoms with E-state index in [2.05, 4.69) is 71.8 Å². The van der Waals surface area contributed by atoms with Crippen molar-refractivity contribution in [2.24, 2.45) is 0 Å². The smallest absolute Gasteiger partial charge is 0.462 e. The molecule has 1 fully saturated rings. The summed E-state index contributed by atoms with van der Waals surface area (Å²) in [7, 11) is -10.9. The molecule has 3 unspecified atom stereocenters. The lowest BCUT2D eigenvalue weighted by Gasteiger charge is -2.21. The van der Waals surface area contributed by atoms with Gasteiger partial charge in [0.2, 0.25) is 0 Å². The summed E-state index contributed by atoms with van der Waals surface area (Å²) in [5.41, 5.74) is 4.59. The van der Waals surface area contributed by atoms with E-state index in [9.17, 15) is 43.5 Å². The summed E-state index contributed by atoms with van der Waals surface area (Å²) in [6.45, 7) is 2.08. The third-order valence-corrected chi connectivity index (χ3v) is 14.2. The number of ether oxygens (including phenoxy) is 3. The second-order valence-corrected chi connectivity index (χ2v) is 21.1. The first-order chi connectivity index (χ1) is 34.7. The van der Waals surface area contributed by atoms with Crippen LogP contribution in [0.1, 0.15) is 187 Å². The predicted octanol–water partition coefficient (Wildman–Crippen LogP) is 11.1. The Balaban J connectivity index is 1.82. The molecule has 18 nitrogen and oxygen atoms in total. The highest BCUT2D eigenvalue weighted by Crippen LogP contribution is 2.60. The van der Waals surface area contributed by atoms with Crippen molar-refractivity contribution in [3.63, 3.8) is 0 Å². The molecule has 1 aliphatic heterocycles. The van der Waals surface area contributed by atoms with Crippen molar-refractivity contribution >= 4 is 33.4 Å². The quantitative estimate of drug-likeness (QED) is 0.0176. The number of aliphatic hydroxyl groups excluding tert-OH is 2. The fourth-order valence-corrected chi connectivity index (χ4v) is 9.59. The third-order valence-electron chi connectivity index (χ3n) is 11.6. The SMILES string of the molecule is CCCCC/C=C\C/C=C\C/C=C\C/C=C\CCCC(=O)OC[C@H](COP(=O)(O)OP(=O)(O)OC[C@H]1O[C@@H](n2ccc(N)nc2=O)C(O)[C@H]1O)OC(=O)CCCCCCCCC/C=C\CCCCCCCC. The number of anilines is 1. The molecule has 2 rings (SSSR count). The molecule has 410 valence electrons. The Labute approximate surface area is 428 Å². The van der Waals surface area contributed by atoms with Crippen molar-refractivity contribution in [1.29, 1.82) is 0 Å². The van der Waals surface area contributed by atoms with Gasteiger partial charge in [-0.05, 0) is 83.1 Å². The monoisotopic (exact) mass is 1060 g/mol. The zero-order chi connectivity index (χ0) is 52.7. The molecule has 0 aromatic carbocycles. The molecule has 20 heteroatoms. The molecular formula is C52H87N3O15P2. The van der Waals surface area contributed by atoms with Gasteiger partial charge < -0.3 is 39.9 Å². The highest BCUT2D eigenvalue weighted by Gasteiger charge is 2.46. The number of aliphatic hydroxyl groups is 2. The zero-order valence-electron chi connectivity index (χ0n) is 43.0. The second kappa shape index (κ2) is 39.9. The lowest BCUT2D eigenvalue weighted by atomic mass is 10.1. The number of carbonyl (C=O) groups is 2. The van der Waals surface area contributed by atoms with Crippen LogP contribution in [0.4, 0.5) is 5.82 Å². The van der Waals surface area contributed by atoms with Crippen molar-refractivity contribution in [2.45, 2.75) is 211 Å². The van der Waals surface area contributed by atoms with Gasteiger partial charge >= 0.3 is 33.3 Å². The highest BCUT2D eigenvalue weighted by atomic mass is 31.3. The molecule has 0 amide bonds. The number of hydrogen-bond donors (Lipinski definition) is 5. The van der Waals surface area contributed by atoms with Crippen molar-refractivity contribution in [1.82, 2.24) is 9.55 Å². The average molecular weight is 1060 g/mol. The van der Waals surface area contributed by atoms with Gasteiger partial charge in [0.25, 0.3) is 0 Å². The van der Waals surface area contributed by atoms with Crippen LogP contribution in [-0.4, -0.2) is 85.7 Å². The minimum absolute atomic E-state index is 0.0318. The number of allylic oxidation sites excluding steroid dienone is 10. The van der Waals surface area contributed by atoms with E-state index in [0.29, 0.717) is 19.3 Å². The number of nitrogen functional groups attached to an aromatic ring is 1. The molecule has 0 saturated carbocycles. The predicted molar refractivity (Wildman–Crippen MR) is 279 cm³/mol. The number of aromatic nitrogens is 2. The Bertz CT molecular complexity index is 1940. The van der Waals surface area contributed by atoms with Crippen LogP contribution < -0.4 is 11.4 Å². The van der Waals surface area contributed by atoms with Crippen LogP contribution in [0.25, 0.3) is 0 Å². The molecular weight excluding hydrogens is 969 g/mol. The van der Waals surface area contributed by atoms with Gasteiger partial charge in [0, 0.05) is 19.0 Å². The van der Waals surface area contributed by atoms with Crippen LogP contribution in [0.15, 0.2) is 77.8 Å². The van der Waals surface area contributed by atoms with Gasteiger partial charge in [-0.2, -0.15) is 9.29 Å². The minimum Gasteiger partial charge on any atom is -0.462 e. The van der Waals surface area contributed by atoms with Crippen molar-refractivity contribution < 1.29 is 66.3 Å². The lowest BCUT2D eigenvalue weighted by molar-refractivity contribution is -0.161. The molecule has 72 heavy (non-hydrogen) atoms. The minimum atomic E-state index is -5.44. The molecule has 1 aliphatic rings. The molecule has 0 radical (unpaired) electrons. The number of phosphoric ester groups is 2. The third kappa shape index (κ3) is 31.9. The molecule has 0 spiro atoms. The maximum atomic E-state index is 12.9. The molecule has 1 saturated heterocycles. The first-order valence-corrected chi connectivity index (χ1v) is 29.3. The molecule has 7 atom stereocenters. The van der Waals surface area contributed by atoms with Crippen molar-refractivity contribution in [3.8, 4) is 0 Å². The van der Waals surface area contributed by atoms with E-state index in [4.69, 9.17) is 29.0 Å². The number of hydrogen-bond acceptors (Lipinski definition) is 15. The van der Waals surface area contributed by atoms with Gasteiger partial charge in [0.05, 0.1) is 13.2 Å². The first-order valence-electron chi connectivity index (χ1n) is 26.3. The highest BCUT2D eigenvalue weighted by molar-refractivity contribution is 7.61. The number of nitrogens with zero attached hydrogens (tertiary/aromatic N) is 2. The van der Waals surface area contributed by atoms with Crippen LogP contribution in [-0.2, 0) is 46.3 Å². The largest absolute Gasteiger partial charge is 0.481 e. The summed E-state index contributed by atoms with van der Waals surface area (Å²) < 4.78 is 56.8. The number of phosphoric acid groups is 2. The number of carbonyl (C=O) groups excluding carboxylic acids is 2. The van der Waals surface area contributed by atoms with E-state index in [1.165, 1.54) is 63.9 Å². The van der Waals surface area contributed by atoms with E-state index >= 15 is 0 Å². The van der Waals surface area contributed by atoms with Crippen molar-refractivity contribution in [2.75, 3.05) is 25.6 Å². The van der Waals surface area contributed by atoms with Crippen LogP contribution in [0.3, 0.4) is 0 Å². The molecule has 0 bridgehead atoms. The standard InChI is InChI=1S/C52H87N3O15P2/c1-3-5-7-9-11-13-15-17-19-21-23-25-27-29-31-33-35-37-47(56)65-41-44(68-48(57)38-36-34-32-30-28-26-24-22-20-18-16-14-12-10-8-6-4-2)42-66-71(61,62)70-72(63,64)67-43-45-49(58)50(59)51(69-45)55-40-39-46(53)54-52(55)60/h11,13,17-20,23,25,29,31,39-40,44-45,49-51,58-59H,3-10,12,14-16,21-22,24,26-28,30,32-38,41-43H2,1-2H3,(H,61,62)(H,63,64)(H2,53,54,60)/b13-11-,19-17-,20-18-,25-23-,31-29-/t44-,45-,49+,50?,51-/m1/s1. The number of esters is 2. The maximum Gasteiger partial charge on any atom is 0.481 e. The topological polar surface area (TPSA) is 265 Å². The number of nitrogens with two attached hydrogens (primary N) is 1.